The van der Waals surface area contributed by atoms with Crippen LogP contribution in [-0.4, -0.2) is 43.4 Å². The Kier molecular flexibility index (Phi) is 5.79. The molecule has 2 aromatic carbocycles. The van der Waals surface area contributed by atoms with Gasteiger partial charge in [0.15, 0.2) is 16.4 Å². The smallest absolute Gasteiger partial charge is 0.261 e. The van der Waals surface area contributed by atoms with Gasteiger partial charge in [0.2, 0.25) is 0 Å². The molecule has 0 aromatic heterocycles. The normalized spacial score (nSPS) is 18.2. The van der Waals surface area contributed by atoms with Gasteiger partial charge in [0.1, 0.15) is 11.6 Å². The van der Waals surface area contributed by atoms with Crippen LogP contribution in [0.4, 0.5) is 4.39 Å². The third-order valence-electron chi connectivity index (χ3n) is 4.65. The van der Waals surface area contributed by atoms with Crippen LogP contribution in [0.5, 0.6) is 5.75 Å². The first-order chi connectivity index (χ1) is 12.8. The summed E-state index contributed by atoms with van der Waals surface area (Å²) in [7, 11) is -3.18. The van der Waals surface area contributed by atoms with Gasteiger partial charge >= 0.3 is 0 Å². The van der Waals surface area contributed by atoms with Crippen LogP contribution in [0.1, 0.15) is 17.5 Å². The minimum Gasteiger partial charge on any atom is -0.484 e. The molecule has 144 valence electrons. The molecule has 1 aliphatic heterocycles. The Bertz CT molecular complexity index is 912. The molecule has 1 amide bonds. The minimum atomic E-state index is -3.18. The number of sulfone groups is 1. The number of carbonyl (C=O) groups excluding carboxylic acids is 1. The van der Waals surface area contributed by atoms with E-state index >= 15 is 0 Å². The topological polar surface area (TPSA) is 63.7 Å². The average Bonchev–Trinajstić information content (AvgIpc) is 3.00. The van der Waals surface area contributed by atoms with Crippen LogP contribution >= 0.6 is 0 Å². The van der Waals surface area contributed by atoms with E-state index in [1.54, 1.807) is 30.3 Å². The minimum absolute atomic E-state index is 0.0168. The van der Waals surface area contributed by atoms with Crippen molar-refractivity contribution in [2.45, 2.75) is 25.9 Å². The summed E-state index contributed by atoms with van der Waals surface area (Å²) >= 11 is 0. The lowest BCUT2D eigenvalue weighted by atomic mass is 10.1. The molecule has 0 bridgehead atoms. The molecule has 1 atom stereocenters. The summed E-state index contributed by atoms with van der Waals surface area (Å²) in [5.74, 6) is -0.287. The average molecular weight is 391 g/mol. The van der Waals surface area contributed by atoms with Crippen molar-refractivity contribution in [2.75, 3.05) is 18.1 Å². The Labute approximate surface area is 158 Å². The van der Waals surface area contributed by atoms with Crippen LogP contribution in [0, 0.1) is 12.7 Å². The molecule has 1 saturated heterocycles. The number of halogens is 1. The van der Waals surface area contributed by atoms with Gasteiger partial charge < -0.3 is 9.64 Å². The fourth-order valence-corrected chi connectivity index (χ4v) is 4.85. The molecule has 2 aromatic rings. The van der Waals surface area contributed by atoms with Crippen LogP contribution in [-0.2, 0) is 21.2 Å². The Morgan fingerprint density at radius 3 is 2.52 bits per heavy atom. The van der Waals surface area contributed by atoms with Crippen LogP contribution in [0.25, 0.3) is 0 Å². The maximum Gasteiger partial charge on any atom is 0.261 e. The van der Waals surface area contributed by atoms with Gasteiger partial charge in [-0.2, -0.15) is 0 Å². The zero-order chi connectivity index (χ0) is 19.4. The van der Waals surface area contributed by atoms with E-state index in [1.165, 1.54) is 11.0 Å². The quantitative estimate of drug-likeness (QED) is 0.760. The second-order valence-corrected chi connectivity index (χ2v) is 9.00. The Morgan fingerprint density at radius 1 is 1.19 bits per heavy atom. The monoisotopic (exact) mass is 391 g/mol. The second-order valence-electron chi connectivity index (χ2n) is 6.77. The summed E-state index contributed by atoms with van der Waals surface area (Å²) < 4.78 is 43.3. The van der Waals surface area contributed by atoms with Gasteiger partial charge in [0.25, 0.3) is 5.91 Å². The highest BCUT2D eigenvalue weighted by atomic mass is 32.2. The summed E-state index contributed by atoms with van der Waals surface area (Å²) in [5.41, 5.74) is 1.43. The molecule has 0 aliphatic carbocycles. The Balaban J connectivity index is 1.75. The molecule has 0 radical (unpaired) electrons. The summed E-state index contributed by atoms with van der Waals surface area (Å²) in [6.45, 7) is 1.74. The van der Waals surface area contributed by atoms with Crippen LogP contribution in [0.3, 0.4) is 0 Å². The van der Waals surface area contributed by atoms with Gasteiger partial charge in [-0.05, 0) is 31.5 Å². The van der Waals surface area contributed by atoms with Gasteiger partial charge in [-0.3, -0.25) is 4.79 Å². The van der Waals surface area contributed by atoms with Gasteiger partial charge in [-0.15, -0.1) is 0 Å². The number of hydrogen-bond donors (Lipinski definition) is 0. The van der Waals surface area contributed by atoms with Gasteiger partial charge in [-0.25, -0.2) is 12.8 Å². The summed E-state index contributed by atoms with van der Waals surface area (Å²) in [5, 5.41) is 0. The standard InChI is InChI=1S/C20H22FNO4S/c1-15-6-8-18(9-7-15)26-13-20(23)22(17-10-11-27(24,25)14-17)12-16-4-2-3-5-19(16)21/h2-9,17H,10-14H2,1H3/t17-/m0/s1. The first kappa shape index (κ1) is 19.4. The summed E-state index contributed by atoms with van der Waals surface area (Å²) in [4.78, 5) is 14.2. The lowest BCUT2D eigenvalue weighted by molar-refractivity contribution is -0.136. The molecule has 0 N–H and O–H groups in total. The van der Waals surface area contributed by atoms with E-state index in [0.29, 0.717) is 17.7 Å². The molecular weight excluding hydrogens is 369 g/mol. The van der Waals surface area contributed by atoms with Gasteiger partial charge in [0.05, 0.1) is 11.5 Å². The Hall–Kier alpha value is -2.41. The molecule has 5 nitrogen and oxygen atoms in total. The lowest BCUT2D eigenvalue weighted by Gasteiger charge is -2.28. The predicted molar refractivity (Wildman–Crippen MR) is 101 cm³/mol. The molecule has 0 unspecified atom stereocenters. The third kappa shape index (κ3) is 5.07. The van der Waals surface area contributed by atoms with E-state index in [-0.39, 0.29) is 30.6 Å². The van der Waals surface area contributed by atoms with E-state index in [1.807, 2.05) is 19.1 Å². The molecule has 27 heavy (non-hydrogen) atoms. The SMILES string of the molecule is Cc1ccc(OCC(=O)N(Cc2ccccc2F)[C@H]2CCS(=O)(=O)C2)cc1. The summed E-state index contributed by atoms with van der Waals surface area (Å²) in [6.07, 6.45) is 0.354. The molecule has 3 rings (SSSR count). The number of benzene rings is 2. The van der Waals surface area contributed by atoms with E-state index < -0.39 is 21.7 Å². The number of nitrogens with zero attached hydrogens (tertiary/aromatic N) is 1. The highest BCUT2D eigenvalue weighted by molar-refractivity contribution is 7.91. The molecule has 0 saturated carbocycles. The number of carbonyl (C=O) groups is 1. The number of aryl methyl sites for hydroxylation is 1. The molecular formula is C20H22FNO4S. The largest absolute Gasteiger partial charge is 0.484 e. The van der Waals surface area contributed by atoms with Crippen LogP contribution in [0.15, 0.2) is 48.5 Å². The van der Waals surface area contributed by atoms with Crippen molar-refractivity contribution in [3.05, 3.63) is 65.5 Å². The van der Waals surface area contributed by atoms with E-state index in [0.717, 1.165) is 5.56 Å². The van der Waals surface area contributed by atoms with Crippen molar-refractivity contribution in [3.63, 3.8) is 0 Å². The van der Waals surface area contributed by atoms with E-state index in [2.05, 4.69) is 0 Å². The highest BCUT2D eigenvalue weighted by Crippen LogP contribution is 2.22. The molecule has 7 heteroatoms. The zero-order valence-corrected chi connectivity index (χ0v) is 15.9. The van der Waals surface area contributed by atoms with Crippen molar-refractivity contribution in [2.24, 2.45) is 0 Å². The number of amides is 1. The second kappa shape index (κ2) is 8.08. The van der Waals surface area contributed by atoms with Crippen molar-refractivity contribution in [3.8, 4) is 5.75 Å². The number of rotatable bonds is 6. The number of hydrogen-bond acceptors (Lipinski definition) is 4. The number of ether oxygens (including phenoxy) is 1. The molecule has 1 aliphatic rings. The fraction of sp³-hybridized carbons (Fsp3) is 0.350. The van der Waals surface area contributed by atoms with Gasteiger partial charge in [0, 0.05) is 18.2 Å². The van der Waals surface area contributed by atoms with E-state index in [9.17, 15) is 17.6 Å². The molecule has 0 spiro atoms. The first-order valence-corrected chi connectivity index (χ1v) is 10.6. The molecule has 1 fully saturated rings. The van der Waals surface area contributed by atoms with Gasteiger partial charge in [-0.1, -0.05) is 35.9 Å². The van der Waals surface area contributed by atoms with Crippen molar-refractivity contribution in [1.82, 2.24) is 4.90 Å². The van der Waals surface area contributed by atoms with E-state index in [4.69, 9.17) is 4.74 Å². The Morgan fingerprint density at radius 2 is 1.89 bits per heavy atom. The van der Waals surface area contributed by atoms with Crippen LogP contribution in [0.2, 0.25) is 0 Å². The van der Waals surface area contributed by atoms with Crippen molar-refractivity contribution in [1.29, 1.82) is 0 Å². The zero-order valence-electron chi connectivity index (χ0n) is 15.1. The summed E-state index contributed by atoms with van der Waals surface area (Å²) in [6, 6.07) is 13.0. The van der Waals surface area contributed by atoms with Crippen molar-refractivity contribution < 1.29 is 22.3 Å². The van der Waals surface area contributed by atoms with Crippen molar-refractivity contribution >= 4 is 15.7 Å². The lowest BCUT2D eigenvalue weighted by Crippen LogP contribution is -2.43. The predicted octanol–water partition coefficient (Wildman–Crippen LogP) is 2.73. The van der Waals surface area contributed by atoms with Crippen LogP contribution < -0.4 is 4.74 Å². The third-order valence-corrected chi connectivity index (χ3v) is 6.40. The maximum absolute atomic E-state index is 14.1. The highest BCUT2D eigenvalue weighted by Gasteiger charge is 2.35. The first-order valence-electron chi connectivity index (χ1n) is 8.77. The maximum atomic E-state index is 14.1. The molecule has 1 heterocycles. The fourth-order valence-electron chi connectivity index (χ4n) is 3.11.